The number of benzene rings is 1. The second-order valence-electron chi connectivity index (χ2n) is 5.27. The highest BCUT2D eigenvalue weighted by molar-refractivity contribution is 7.88. The second kappa shape index (κ2) is 6.44. The fraction of sp³-hybridized carbons (Fsp3) is 0.125. The fourth-order valence-electron chi connectivity index (χ4n) is 2.42. The molecule has 1 aliphatic heterocycles. The van der Waals surface area contributed by atoms with E-state index in [9.17, 15) is 18.0 Å². The lowest BCUT2D eigenvalue weighted by molar-refractivity contribution is -0.111. The Morgan fingerprint density at radius 1 is 1.24 bits per heavy atom. The highest BCUT2D eigenvalue weighted by Gasteiger charge is 2.36. The molecule has 1 aliphatic carbocycles. The van der Waals surface area contributed by atoms with Crippen molar-refractivity contribution in [3.8, 4) is 5.75 Å². The minimum Gasteiger partial charge on any atom is -0.484 e. The number of hydrogen-bond donors (Lipinski definition) is 2. The van der Waals surface area contributed by atoms with Crippen molar-refractivity contribution in [2.75, 3.05) is 12.9 Å². The number of carbonyl (C=O) groups is 2. The first kappa shape index (κ1) is 16.8. The van der Waals surface area contributed by atoms with Crippen molar-refractivity contribution in [2.24, 2.45) is 0 Å². The minimum absolute atomic E-state index is 0.00338. The van der Waals surface area contributed by atoms with Crippen LogP contribution in [0.3, 0.4) is 0 Å². The summed E-state index contributed by atoms with van der Waals surface area (Å²) < 4.78 is 36.8. The SMILES string of the molecule is CS(=O)(=O)NC1=C2OCC(NC=O)=C2C(=O)C=C1Oc1ccccc1. The van der Waals surface area contributed by atoms with Gasteiger partial charge in [-0.25, -0.2) is 8.42 Å². The van der Waals surface area contributed by atoms with Gasteiger partial charge in [-0.2, -0.15) is 0 Å². The van der Waals surface area contributed by atoms with Crippen molar-refractivity contribution in [3.63, 3.8) is 0 Å². The molecule has 1 aromatic rings. The van der Waals surface area contributed by atoms with Crippen molar-refractivity contribution in [3.05, 3.63) is 64.9 Å². The van der Waals surface area contributed by atoms with Crippen LogP contribution in [0.25, 0.3) is 0 Å². The van der Waals surface area contributed by atoms with Gasteiger partial charge in [0.1, 0.15) is 18.1 Å². The van der Waals surface area contributed by atoms with Crippen LogP contribution in [0.4, 0.5) is 0 Å². The molecule has 0 radical (unpaired) electrons. The molecule has 8 nitrogen and oxygen atoms in total. The van der Waals surface area contributed by atoms with Crippen LogP contribution in [0.1, 0.15) is 0 Å². The molecule has 0 atom stereocenters. The van der Waals surface area contributed by atoms with Crippen LogP contribution in [0, 0.1) is 0 Å². The Morgan fingerprint density at radius 3 is 2.60 bits per heavy atom. The Bertz CT molecular complexity index is 929. The van der Waals surface area contributed by atoms with E-state index in [4.69, 9.17) is 9.47 Å². The van der Waals surface area contributed by atoms with E-state index in [-0.39, 0.29) is 35.1 Å². The maximum atomic E-state index is 12.4. The predicted octanol–water partition coefficient (Wildman–Crippen LogP) is 0.323. The predicted molar refractivity (Wildman–Crippen MR) is 87.3 cm³/mol. The van der Waals surface area contributed by atoms with E-state index < -0.39 is 15.8 Å². The largest absolute Gasteiger partial charge is 0.484 e. The summed E-state index contributed by atoms with van der Waals surface area (Å²) in [5.74, 6) is -0.00520. The summed E-state index contributed by atoms with van der Waals surface area (Å²) in [5, 5.41) is 2.39. The van der Waals surface area contributed by atoms with Gasteiger partial charge in [0.25, 0.3) is 0 Å². The summed E-state index contributed by atoms with van der Waals surface area (Å²) in [6, 6.07) is 8.59. The Morgan fingerprint density at radius 2 is 1.96 bits per heavy atom. The zero-order valence-electron chi connectivity index (χ0n) is 13.1. The van der Waals surface area contributed by atoms with Crippen LogP contribution in [-0.2, 0) is 24.3 Å². The van der Waals surface area contributed by atoms with Crippen molar-refractivity contribution in [1.82, 2.24) is 10.0 Å². The summed E-state index contributed by atoms with van der Waals surface area (Å²) >= 11 is 0. The molecule has 2 N–H and O–H groups in total. The summed E-state index contributed by atoms with van der Waals surface area (Å²) in [4.78, 5) is 23.1. The normalized spacial score (nSPS) is 16.8. The number of sulfonamides is 1. The molecule has 0 bridgehead atoms. The van der Waals surface area contributed by atoms with E-state index >= 15 is 0 Å². The van der Waals surface area contributed by atoms with Gasteiger partial charge in [-0.1, -0.05) is 18.2 Å². The third-order valence-electron chi connectivity index (χ3n) is 3.36. The topological polar surface area (TPSA) is 111 Å². The van der Waals surface area contributed by atoms with Gasteiger partial charge in [-0.3, -0.25) is 14.3 Å². The quantitative estimate of drug-likeness (QED) is 0.705. The lowest BCUT2D eigenvalue weighted by atomic mass is 10.0. The number of ether oxygens (including phenoxy) is 2. The summed E-state index contributed by atoms with van der Waals surface area (Å²) in [5.41, 5.74) is 0.361. The van der Waals surface area contributed by atoms with Gasteiger partial charge >= 0.3 is 0 Å². The molecule has 9 heteroatoms. The molecular formula is C16H14N2O6S. The summed E-state index contributed by atoms with van der Waals surface area (Å²) in [6.07, 6.45) is 2.55. The number of allylic oxidation sites excluding steroid dienone is 2. The highest BCUT2D eigenvalue weighted by Crippen LogP contribution is 2.34. The van der Waals surface area contributed by atoms with Crippen LogP contribution >= 0.6 is 0 Å². The van der Waals surface area contributed by atoms with Crippen LogP contribution in [0.5, 0.6) is 5.75 Å². The average Bonchev–Trinajstić information content (AvgIpc) is 2.96. The van der Waals surface area contributed by atoms with Gasteiger partial charge in [0, 0.05) is 6.08 Å². The molecule has 0 spiro atoms. The molecule has 1 amide bonds. The van der Waals surface area contributed by atoms with Crippen LogP contribution in [-0.4, -0.2) is 33.5 Å². The third-order valence-corrected chi connectivity index (χ3v) is 3.94. The van der Waals surface area contributed by atoms with Crippen molar-refractivity contribution in [1.29, 1.82) is 0 Å². The molecule has 3 rings (SSSR count). The van der Waals surface area contributed by atoms with E-state index in [0.717, 1.165) is 12.3 Å². The molecule has 1 heterocycles. The lowest BCUT2D eigenvalue weighted by Crippen LogP contribution is -2.29. The van der Waals surface area contributed by atoms with Crippen molar-refractivity contribution in [2.45, 2.75) is 0 Å². The van der Waals surface area contributed by atoms with Gasteiger partial charge in [0.05, 0.1) is 17.5 Å². The van der Waals surface area contributed by atoms with Gasteiger partial charge in [-0.05, 0) is 12.1 Å². The molecule has 0 unspecified atom stereocenters. The highest BCUT2D eigenvalue weighted by atomic mass is 32.2. The van der Waals surface area contributed by atoms with Gasteiger partial charge < -0.3 is 14.8 Å². The number of nitrogens with one attached hydrogen (secondary N) is 2. The minimum atomic E-state index is -3.67. The van der Waals surface area contributed by atoms with Gasteiger partial charge in [-0.15, -0.1) is 0 Å². The Kier molecular flexibility index (Phi) is 4.32. The van der Waals surface area contributed by atoms with E-state index in [0.29, 0.717) is 12.2 Å². The Balaban J connectivity index is 2.08. The van der Waals surface area contributed by atoms with E-state index in [1.165, 1.54) is 0 Å². The zero-order chi connectivity index (χ0) is 18.0. The number of fused-ring (bicyclic) bond motifs is 1. The summed E-state index contributed by atoms with van der Waals surface area (Å²) in [6.45, 7) is -0.0590. The van der Waals surface area contributed by atoms with Gasteiger partial charge in [0.15, 0.2) is 17.3 Å². The molecule has 130 valence electrons. The summed E-state index contributed by atoms with van der Waals surface area (Å²) in [7, 11) is -3.67. The number of ketones is 1. The maximum absolute atomic E-state index is 12.4. The first-order valence-corrected chi connectivity index (χ1v) is 9.06. The molecule has 25 heavy (non-hydrogen) atoms. The smallest absolute Gasteiger partial charge is 0.230 e. The number of hydrogen-bond acceptors (Lipinski definition) is 6. The van der Waals surface area contributed by atoms with Crippen LogP contribution < -0.4 is 14.8 Å². The first-order chi connectivity index (χ1) is 11.9. The number of carbonyl (C=O) groups excluding carboxylic acids is 2. The number of amides is 1. The monoisotopic (exact) mass is 362 g/mol. The molecule has 0 saturated heterocycles. The van der Waals surface area contributed by atoms with Crippen LogP contribution in [0.2, 0.25) is 0 Å². The Hall–Kier alpha value is -3.07. The van der Waals surface area contributed by atoms with Crippen molar-refractivity contribution >= 4 is 22.2 Å². The molecule has 0 aromatic heterocycles. The van der Waals surface area contributed by atoms with Crippen LogP contribution in [0.15, 0.2) is 64.9 Å². The second-order valence-corrected chi connectivity index (χ2v) is 7.02. The van der Waals surface area contributed by atoms with E-state index in [2.05, 4.69) is 10.0 Å². The van der Waals surface area contributed by atoms with Gasteiger partial charge in [0.2, 0.25) is 16.4 Å². The van der Waals surface area contributed by atoms with E-state index in [1.807, 2.05) is 0 Å². The third kappa shape index (κ3) is 3.56. The maximum Gasteiger partial charge on any atom is 0.230 e. The molecule has 1 aromatic carbocycles. The standard InChI is InChI=1S/C16H14N2O6S/c1-25(21,22)18-15-13(24-10-5-3-2-4-6-10)7-12(20)14-11(17-9-19)8-23-16(14)15/h2-7,9,18H,8H2,1H3,(H,17,19). The first-order valence-electron chi connectivity index (χ1n) is 7.17. The Labute approximate surface area is 143 Å². The average molecular weight is 362 g/mol. The van der Waals surface area contributed by atoms with E-state index in [1.54, 1.807) is 30.3 Å². The lowest BCUT2D eigenvalue weighted by Gasteiger charge is -2.20. The molecule has 0 saturated carbocycles. The zero-order valence-corrected chi connectivity index (χ0v) is 13.9. The molecular weight excluding hydrogens is 348 g/mol. The molecule has 0 fully saturated rings. The number of rotatable bonds is 6. The van der Waals surface area contributed by atoms with Crippen molar-refractivity contribution < 1.29 is 27.5 Å². The number of para-hydroxylation sites is 1. The fourth-order valence-corrected chi connectivity index (χ4v) is 2.99. The molecule has 2 aliphatic rings.